The van der Waals surface area contributed by atoms with Gasteiger partial charge in [-0.2, -0.15) is 0 Å². The number of carbonyl (C=O) groups is 4. The molecular formula is C40H49NO9. The fourth-order valence-corrected chi connectivity index (χ4v) is 5.71. The van der Waals surface area contributed by atoms with Gasteiger partial charge in [-0.1, -0.05) is 75.5 Å². The number of allylic oxidation sites excluding steroid dienone is 7. The molecule has 0 radical (unpaired) electrons. The van der Waals surface area contributed by atoms with E-state index < -0.39 is 65.3 Å². The van der Waals surface area contributed by atoms with Gasteiger partial charge in [0.25, 0.3) is 5.91 Å². The molecule has 0 aromatic heterocycles. The Morgan fingerprint density at radius 2 is 1.44 bits per heavy atom. The van der Waals surface area contributed by atoms with Gasteiger partial charge >= 0.3 is 0 Å². The van der Waals surface area contributed by atoms with E-state index in [1.165, 1.54) is 39.0 Å². The standard InChI is InChI=1S/C40H49NO9/c1-21-11-9-8-10-12-24(4)40(50)41-30-19-33(45)34-29(39(30)49)18-27(7)38(48)35(34)37(47)26(6)17-25(5)36(46)23(3)14-16-28(42)15-13-22(2)32(44)20-31(21)43/h8-14,16-19,21,23,25,28,31-32,36,42-44,46,48H,15,20H2,1-7H3,(H,41,50)/b10-8-,11-9+,16-14+,22-13+,24-12+,26-17-/t21-,23+,25-,28-,31-,32-,36-/m1/s1. The number of rotatable bonds is 0. The lowest BCUT2D eigenvalue weighted by Crippen LogP contribution is -2.32. The first-order chi connectivity index (χ1) is 23.4. The van der Waals surface area contributed by atoms with Crippen LogP contribution in [-0.2, 0) is 4.79 Å². The summed E-state index contributed by atoms with van der Waals surface area (Å²) in [6.07, 6.45) is 12.2. The number of hydrogen-bond acceptors (Lipinski definition) is 9. The molecule has 0 saturated carbocycles. The third-order valence-corrected chi connectivity index (χ3v) is 9.18. The fraction of sp³-hybridized carbons (Fsp3) is 0.400. The van der Waals surface area contributed by atoms with Crippen LogP contribution >= 0.6 is 0 Å². The van der Waals surface area contributed by atoms with E-state index in [4.69, 9.17) is 0 Å². The van der Waals surface area contributed by atoms with Crippen LogP contribution < -0.4 is 5.32 Å². The van der Waals surface area contributed by atoms with E-state index in [0.717, 1.165) is 6.08 Å². The number of ketones is 3. The molecule has 1 amide bonds. The van der Waals surface area contributed by atoms with E-state index in [0.29, 0.717) is 5.57 Å². The van der Waals surface area contributed by atoms with Crippen molar-refractivity contribution in [2.75, 3.05) is 0 Å². The van der Waals surface area contributed by atoms with Crippen molar-refractivity contribution in [3.05, 3.63) is 111 Å². The average molecular weight is 688 g/mol. The lowest BCUT2D eigenvalue weighted by molar-refractivity contribution is -0.116. The van der Waals surface area contributed by atoms with Gasteiger partial charge in [0.1, 0.15) is 5.75 Å². The molecule has 0 unspecified atom stereocenters. The predicted molar refractivity (Wildman–Crippen MR) is 192 cm³/mol. The molecule has 7 atom stereocenters. The molecule has 2 heterocycles. The Bertz CT molecular complexity index is 1720. The lowest BCUT2D eigenvalue weighted by atomic mass is 9.83. The van der Waals surface area contributed by atoms with Gasteiger partial charge in [-0.3, -0.25) is 19.2 Å². The summed E-state index contributed by atoms with van der Waals surface area (Å²) in [7, 11) is 0. The number of hydrogen-bond donors (Lipinski definition) is 6. The number of aliphatic hydroxyl groups excluding tert-OH is 4. The quantitative estimate of drug-likeness (QED) is 0.207. The van der Waals surface area contributed by atoms with E-state index in [1.807, 2.05) is 0 Å². The molecule has 4 rings (SSSR count). The summed E-state index contributed by atoms with van der Waals surface area (Å²) in [5.41, 5.74) is 0.137. The molecule has 1 aromatic carbocycles. The monoisotopic (exact) mass is 687 g/mol. The third-order valence-electron chi connectivity index (χ3n) is 9.18. The highest BCUT2D eigenvalue weighted by Gasteiger charge is 2.34. The first-order valence-corrected chi connectivity index (χ1v) is 16.7. The van der Waals surface area contributed by atoms with Crippen LogP contribution in [0, 0.1) is 24.7 Å². The Labute approximate surface area is 293 Å². The predicted octanol–water partition coefficient (Wildman–Crippen LogP) is 4.92. The van der Waals surface area contributed by atoms with Crippen molar-refractivity contribution in [2.24, 2.45) is 17.8 Å². The number of phenols is 1. The number of nitrogens with one attached hydrogen (secondary N) is 1. The van der Waals surface area contributed by atoms with Crippen LogP contribution in [-0.4, -0.2) is 73.2 Å². The minimum atomic E-state index is -0.973. The maximum Gasteiger partial charge on any atom is 0.251 e. The zero-order chi connectivity index (χ0) is 37.4. The van der Waals surface area contributed by atoms with Crippen molar-refractivity contribution < 1.29 is 44.7 Å². The minimum absolute atomic E-state index is 0.0843. The van der Waals surface area contributed by atoms with Crippen molar-refractivity contribution in [1.82, 2.24) is 5.32 Å². The molecule has 10 heteroatoms. The zero-order valence-corrected chi connectivity index (χ0v) is 29.7. The molecule has 1 aromatic rings. The molecule has 0 saturated heterocycles. The smallest absolute Gasteiger partial charge is 0.251 e. The van der Waals surface area contributed by atoms with Gasteiger partial charge in [-0.25, -0.2) is 0 Å². The molecule has 0 spiro atoms. The molecule has 4 bridgehead atoms. The number of phenolic OH excluding ortho intramolecular Hbond substituents is 1. The third kappa shape index (κ3) is 9.82. The molecular weight excluding hydrogens is 638 g/mol. The number of carbonyl (C=O) groups excluding carboxylic acids is 4. The van der Waals surface area contributed by atoms with Crippen LogP contribution in [0.5, 0.6) is 5.75 Å². The number of fused-ring (bicyclic) bond motifs is 18. The van der Waals surface area contributed by atoms with Crippen LogP contribution in [0.1, 0.15) is 91.0 Å². The Hall–Kier alpha value is -4.48. The first-order valence-electron chi connectivity index (χ1n) is 16.7. The van der Waals surface area contributed by atoms with E-state index in [9.17, 15) is 44.7 Å². The maximum atomic E-state index is 13.8. The van der Waals surface area contributed by atoms with Gasteiger partial charge in [-0.05, 0) is 56.9 Å². The molecule has 268 valence electrons. The number of aryl methyl sites for hydroxylation is 1. The number of Topliss-reactive ketones (excluding diaryl/α,β-unsaturated/α-hetero) is 2. The fourth-order valence-electron chi connectivity index (χ4n) is 5.71. The summed E-state index contributed by atoms with van der Waals surface area (Å²) in [5, 5.41) is 56.3. The summed E-state index contributed by atoms with van der Waals surface area (Å²) in [4.78, 5) is 53.6. The Balaban J connectivity index is 2.04. The van der Waals surface area contributed by atoms with Crippen LogP contribution in [0.15, 0.2) is 89.2 Å². The molecule has 6 N–H and O–H groups in total. The molecule has 10 nitrogen and oxygen atoms in total. The second kappa shape index (κ2) is 17.4. The van der Waals surface area contributed by atoms with Crippen molar-refractivity contribution in [3.63, 3.8) is 0 Å². The van der Waals surface area contributed by atoms with E-state index in [2.05, 4.69) is 5.32 Å². The topological polar surface area (TPSA) is 181 Å². The normalized spacial score (nSPS) is 33.2. The zero-order valence-electron chi connectivity index (χ0n) is 29.7. The second-order valence-electron chi connectivity index (χ2n) is 13.4. The van der Waals surface area contributed by atoms with Crippen LogP contribution in [0.2, 0.25) is 0 Å². The van der Waals surface area contributed by atoms with Gasteiger partial charge in [0.05, 0.1) is 35.7 Å². The van der Waals surface area contributed by atoms with Crippen LogP contribution in [0.4, 0.5) is 0 Å². The molecule has 2 aliphatic heterocycles. The summed E-state index contributed by atoms with van der Waals surface area (Å²) in [6.45, 7) is 11.5. The second-order valence-corrected chi connectivity index (χ2v) is 13.4. The number of benzene rings is 1. The van der Waals surface area contributed by atoms with Crippen molar-refractivity contribution in [1.29, 1.82) is 0 Å². The minimum Gasteiger partial charge on any atom is -0.507 e. The van der Waals surface area contributed by atoms with E-state index in [1.54, 1.807) is 70.2 Å². The Morgan fingerprint density at radius 1 is 0.760 bits per heavy atom. The summed E-state index contributed by atoms with van der Waals surface area (Å²) in [5.74, 6) is -4.53. The molecule has 50 heavy (non-hydrogen) atoms. The Kier molecular flexibility index (Phi) is 13.9. The molecule has 3 aliphatic rings. The first kappa shape index (κ1) is 40.0. The summed E-state index contributed by atoms with van der Waals surface area (Å²) >= 11 is 0. The highest BCUT2D eigenvalue weighted by Crippen LogP contribution is 2.35. The van der Waals surface area contributed by atoms with Gasteiger partial charge in [-0.15, -0.1) is 0 Å². The number of aliphatic hydroxyl groups is 4. The van der Waals surface area contributed by atoms with Gasteiger partial charge in [0, 0.05) is 47.0 Å². The van der Waals surface area contributed by atoms with Crippen LogP contribution in [0.25, 0.3) is 0 Å². The Morgan fingerprint density at radius 3 is 2.12 bits per heavy atom. The van der Waals surface area contributed by atoms with Crippen molar-refractivity contribution >= 4 is 23.3 Å². The maximum absolute atomic E-state index is 13.8. The SMILES string of the molecule is C/C1=C/[C@@H](C)[C@H](O)[C@@H](C)/C=C/[C@H](O)C/C=C(\C)[C@H](O)C[C@@H](O)[C@H](C)/C=C/C=C\C=C(/C)C(=O)NC2=CC(=O)c3c(cc(C)c(O)c3C1=O)C2=O. The van der Waals surface area contributed by atoms with Gasteiger partial charge in [0.2, 0.25) is 5.78 Å². The lowest BCUT2D eigenvalue weighted by Gasteiger charge is -2.22. The highest BCUT2D eigenvalue weighted by molar-refractivity contribution is 6.30. The van der Waals surface area contributed by atoms with Gasteiger partial charge in [0.15, 0.2) is 11.6 Å². The summed E-state index contributed by atoms with van der Waals surface area (Å²) < 4.78 is 0. The summed E-state index contributed by atoms with van der Waals surface area (Å²) in [6, 6.07) is 1.31. The highest BCUT2D eigenvalue weighted by atomic mass is 16.3. The number of amides is 1. The van der Waals surface area contributed by atoms with Crippen LogP contribution in [0.3, 0.4) is 0 Å². The van der Waals surface area contributed by atoms with Crippen molar-refractivity contribution in [2.45, 2.75) is 85.7 Å². The van der Waals surface area contributed by atoms with E-state index in [-0.39, 0.29) is 57.9 Å². The van der Waals surface area contributed by atoms with E-state index >= 15 is 0 Å². The molecule has 1 aliphatic carbocycles. The van der Waals surface area contributed by atoms with Crippen molar-refractivity contribution in [3.8, 4) is 5.75 Å². The largest absolute Gasteiger partial charge is 0.507 e. The van der Waals surface area contributed by atoms with Gasteiger partial charge < -0.3 is 30.8 Å². The number of aromatic hydroxyl groups is 1. The molecule has 0 fully saturated rings. The average Bonchev–Trinajstić information content (AvgIpc) is 3.07.